The number of methoxy groups -OCH3 is 2. The lowest BCUT2D eigenvalue weighted by atomic mass is 10.1. The van der Waals surface area contributed by atoms with E-state index in [0.717, 1.165) is 33.6 Å². The summed E-state index contributed by atoms with van der Waals surface area (Å²) in [5.74, 6) is 1.66. The monoisotopic (exact) mass is 394 g/mol. The average Bonchev–Trinajstić information content (AvgIpc) is 2.57. The molecule has 0 saturated carbocycles. The maximum absolute atomic E-state index is 5.37. The highest BCUT2D eigenvalue weighted by atomic mass is 79.9. The van der Waals surface area contributed by atoms with E-state index in [-0.39, 0.29) is 0 Å². The molecule has 2 aromatic rings. The van der Waals surface area contributed by atoms with Gasteiger partial charge in [-0.25, -0.2) is 0 Å². The van der Waals surface area contributed by atoms with Gasteiger partial charge in [-0.2, -0.15) is 0 Å². The van der Waals surface area contributed by atoms with Gasteiger partial charge < -0.3 is 20.1 Å². The second-order valence-electron chi connectivity index (χ2n) is 4.82. The summed E-state index contributed by atoms with van der Waals surface area (Å²) in [7, 11) is 3.32. The first-order valence-corrected chi connectivity index (χ1v) is 8.34. The summed E-state index contributed by atoms with van der Waals surface area (Å²) in [5.41, 5.74) is 2.02. The summed E-state index contributed by atoms with van der Waals surface area (Å²) in [6, 6.07) is 13.6. The van der Waals surface area contributed by atoms with Gasteiger partial charge in [-0.15, -0.1) is 0 Å². The zero-order valence-corrected chi connectivity index (χ0v) is 15.5. The minimum Gasteiger partial charge on any atom is -0.497 e. The van der Waals surface area contributed by atoms with Gasteiger partial charge in [0.25, 0.3) is 0 Å². The lowest BCUT2D eigenvalue weighted by Gasteiger charge is -2.13. The molecule has 0 amide bonds. The maximum atomic E-state index is 5.37. The number of benzene rings is 2. The summed E-state index contributed by atoms with van der Waals surface area (Å²) in [6.07, 6.45) is 0.780. The molecule has 2 rings (SSSR count). The van der Waals surface area contributed by atoms with E-state index in [1.807, 2.05) is 42.5 Å². The average molecular weight is 395 g/mol. The van der Waals surface area contributed by atoms with Crippen LogP contribution in [0.5, 0.6) is 11.5 Å². The highest BCUT2D eigenvalue weighted by Crippen LogP contribution is 2.24. The standard InChI is InChI=1S/C17H19BrN2O2S/c1-21-15-7-8-16(22-2)12(11-15)9-10-19-17(23)20-14-5-3-13(18)4-6-14/h3-8,11H,9-10H2,1-2H3,(H2,19,20,23). The van der Waals surface area contributed by atoms with Gasteiger partial charge in [-0.1, -0.05) is 15.9 Å². The minimum atomic E-state index is 0.592. The Balaban J connectivity index is 1.86. The summed E-state index contributed by atoms with van der Waals surface area (Å²) >= 11 is 8.71. The number of nitrogens with one attached hydrogen (secondary N) is 2. The third kappa shape index (κ3) is 5.41. The molecule has 0 spiro atoms. The van der Waals surface area contributed by atoms with Gasteiger partial charge in [0.15, 0.2) is 5.11 Å². The van der Waals surface area contributed by atoms with Crippen molar-refractivity contribution in [2.24, 2.45) is 0 Å². The predicted octanol–water partition coefficient (Wildman–Crippen LogP) is 4.00. The van der Waals surface area contributed by atoms with E-state index in [4.69, 9.17) is 21.7 Å². The Morgan fingerprint density at radius 1 is 1.09 bits per heavy atom. The van der Waals surface area contributed by atoms with Crippen molar-refractivity contribution in [3.8, 4) is 11.5 Å². The summed E-state index contributed by atoms with van der Waals surface area (Å²) in [5, 5.41) is 6.94. The van der Waals surface area contributed by atoms with Crippen molar-refractivity contribution in [1.29, 1.82) is 0 Å². The summed E-state index contributed by atoms with van der Waals surface area (Å²) in [6.45, 7) is 0.700. The van der Waals surface area contributed by atoms with E-state index in [1.54, 1.807) is 14.2 Å². The molecule has 2 aromatic carbocycles. The van der Waals surface area contributed by atoms with E-state index in [0.29, 0.717) is 11.7 Å². The fourth-order valence-corrected chi connectivity index (χ4v) is 2.58. The Morgan fingerprint density at radius 2 is 1.83 bits per heavy atom. The highest BCUT2D eigenvalue weighted by molar-refractivity contribution is 9.10. The maximum Gasteiger partial charge on any atom is 0.170 e. The smallest absolute Gasteiger partial charge is 0.170 e. The fourth-order valence-electron chi connectivity index (χ4n) is 2.10. The zero-order chi connectivity index (χ0) is 16.7. The first kappa shape index (κ1) is 17.6. The van der Waals surface area contributed by atoms with Crippen molar-refractivity contribution in [2.75, 3.05) is 26.1 Å². The molecule has 0 saturated heterocycles. The van der Waals surface area contributed by atoms with Gasteiger partial charge in [0, 0.05) is 16.7 Å². The molecule has 0 heterocycles. The van der Waals surface area contributed by atoms with Crippen LogP contribution >= 0.6 is 28.1 Å². The number of halogens is 1. The molecule has 0 fully saturated rings. The molecule has 0 aliphatic heterocycles. The van der Waals surface area contributed by atoms with Gasteiger partial charge in [0.2, 0.25) is 0 Å². The number of rotatable bonds is 6. The van der Waals surface area contributed by atoms with Crippen molar-refractivity contribution in [3.05, 3.63) is 52.5 Å². The lowest BCUT2D eigenvalue weighted by molar-refractivity contribution is 0.398. The molecule has 122 valence electrons. The van der Waals surface area contributed by atoms with E-state index in [9.17, 15) is 0 Å². The number of hydrogen-bond acceptors (Lipinski definition) is 3. The Morgan fingerprint density at radius 3 is 2.48 bits per heavy atom. The van der Waals surface area contributed by atoms with Crippen LogP contribution in [-0.4, -0.2) is 25.9 Å². The third-order valence-electron chi connectivity index (χ3n) is 3.27. The van der Waals surface area contributed by atoms with Crippen molar-refractivity contribution in [2.45, 2.75) is 6.42 Å². The topological polar surface area (TPSA) is 42.5 Å². The Labute approximate surface area is 150 Å². The van der Waals surface area contributed by atoms with Crippen LogP contribution in [0, 0.1) is 0 Å². The van der Waals surface area contributed by atoms with Gasteiger partial charge in [0.05, 0.1) is 14.2 Å². The van der Waals surface area contributed by atoms with Crippen LogP contribution < -0.4 is 20.1 Å². The molecule has 0 unspecified atom stereocenters. The van der Waals surface area contributed by atoms with Crippen LogP contribution in [0.1, 0.15) is 5.56 Å². The van der Waals surface area contributed by atoms with E-state index in [2.05, 4.69) is 26.6 Å². The van der Waals surface area contributed by atoms with Crippen molar-refractivity contribution in [3.63, 3.8) is 0 Å². The molecule has 0 atom stereocenters. The molecular formula is C17H19BrN2O2S. The van der Waals surface area contributed by atoms with Crippen molar-refractivity contribution in [1.82, 2.24) is 5.32 Å². The quantitative estimate of drug-likeness (QED) is 0.724. The second-order valence-corrected chi connectivity index (χ2v) is 6.14. The largest absolute Gasteiger partial charge is 0.497 e. The molecule has 0 aliphatic carbocycles. The predicted molar refractivity (Wildman–Crippen MR) is 102 cm³/mol. The second kappa shape index (κ2) is 8.74. The Hall–Kier alpha value is -1.79. The van der Waals surface area contributed by atoms with Crippen molar-refractivity contribution < 1.29 is 9.47 Å². The number of anilines is 1. The lowest BCUT2D eigenvalue weighted by Crippen LogP contribution is -2.30. The molecule has 0 radical (unpaired) electrons. The van der Waals surface area contributed by atoms with E-state index in [1.165, 1.54) is 0 Å². The third-order valence-corrected chi connectivity index (χ3v) is 4.04. The van der Waals surface area contributed by atoms with Crippen LogP contribution in [0.25, 0.3) is 0 Å². The van der Waals surface area contributed by atoms with Gasteiger partial charge in [-0.3, -0.25) is 0 Å². The zero-order valence-electron chi connectivity index (χ0n) is 13.1. The van der Waals surface area contributed by atoms with Crippen LogP contribution in [-0.2, 0) is 6.42 Å². The highest BCUT2D eigenvalue weighted by Gasteiger charge is 2.05. The summed E-state index contributed by atoms with van der Waals surface area (Å²) < 4.78 is 11.7. The molecule has 0 bridgehead atoms. The fraction of sp³-hybridized carbons (Fsp3) is 0.235. The molecule has 2 N–H and O–H groups in total. The van der Waals surface area contributed by atoms with E-state index >= 15 is 0 Å². The van der Waals surface area contributed by atoms with Gasteiger partial charge in [-0.05, 0) is 66.7 Å². The molecule has 23 heavy (non-hydrogen) atoms. The minimum absolute atomic E-state index is 0.592. The molecule has 0 aromatic heterocycles. The Bertz CT molecular complexity index is 662. The number of hydrogen-bond donors (Lipinski definition) is 2. The van der Waals surface area contributed by atoms with Crippen LogP contribution in [0.15, 0.2) is 46.9 Å². The molecular weight excluding hydrogens is 376 g/mol. The van der Waals surface area contributed by atoms with E-state index < -0.39 is 0 Å². The number of thiocarbonyl (C=S) groups is 1. The van der Waals surface area contributed by atoms with Gasteiger partial charge >= 0.3 is 0 Å². The first-order chi connectivity index (χ1) is 11.1. The first-order valence-electron chi connectivity index (χ1n) is 7.13. The van der Waals surface area contributed by atoms with Crippen LogP contribution in [0.3, 0.4) is 0 Å². The normalized spacial score (nSPS) is 10.0. The van der Waals surface area contributed by atoms with Crippen LogP contribution in [0.2, 0.25) is 0 Å². The summed E-state index contributed by atoms with van der Waals surface area (Å²) in [4.78, 5) is 0. The number of ether oxygens (including phenoxy) is 2. The van der Waals surface area contributed by atoms with Gasteiger partial charge in [0.1, 0.15) is 11.5 Å². The SMILES string of the molecule is COc1ccc(OC)c(CCNC(=S)Nc2ccc(Br)cc2)c1. The Kier molecular flexibility index (Phi) is 6.67. The molecule has 0 aliphatic rings. The van der Waals surface area contributed by atoms with Crippen molar-refractivity contribution >= 4 is 38.9 Å². The molecule has 6 heteroatoms. The molecule has 4 nitrogen and oxygen atoms in total. The van der Waals surface area contributed by atoms with Crippen LogP contribution in [0.4, 0.5) is 5.69 Å².